The van der Waals surface area contributed by atoms with Gasteiger partial charge < -0.3 is 10.6 Å². The quantitative estimate of drug-likeness (QED) is 0.326. The van der Waals surface area contributed by atoms with E-state index in [0.717, 1.165) is 43.3 Å². The van der Waals surface area contributed by atoms with Gasteiger partial charge in [0.15, 0.2) is 5.96 Å². The Balaban J connectivity index is 1.58. The van der Waals surface area contributed by atoms with Crippen LogP contribution in [0.25, 0.3) is 0 Å². The van der Waals surface area contributed by atoms with Crippen LogP contribution in [0.5, 0.6) is 0 Å². The Morgan fingerprint density at radius 3 is 2.58 bits per heavy atom. The van der Waals surface area contributed by atoms with Gasteiger partial charge in [-0.1, -0.05) is 18.2 Å². The van der Waals surface area contributed by atoms with E-state index in [1.807, 2.05) is 18.8 Å². The highest BCUT2D eigenvalue weighted by molar-refractivity contribution is 7.99. The number of nitrogens with zero attached hydrogens (tertiary/aromatic N) is 2. The molecule has 0 bridgehead atoms. The van der Waals surface area contributed by atoms with Gasteiger partial charge in [-0.15, -0.1) is 23.1 Å². The highest BCUT2D eigenvalue weighted by Gasteiger charge is 2.04. The van der Waals surface area contributed by atoms with E-state index < -0.39 is 0 Å². The van der Waals surface area contributed by atoms with E-state index in [-0.39, 0.29) is 0 Å². The van der Waals surface area contributed by atoms with Gasteiger partial charge in [0.1, 0.15) is 0 Å². The summed E-state index contributed by atoms with van der Waals surface area (Å²) >= 11 is 3.67. The molecule has 4 nitrogen and oxygen atoms in total. The van der Waals surface area contributed by atoms with E-state index in [2.05, 4.69) is 64.8 Å². The Kier molecular flexibility index (Phi) is 8.12. The second-order valence-corrected chi connectivity index (χ2v) is 7.90. The molecule has 2 aromatic rings. The van der Waals surface area contributed by atoms with Crippen molar-refractivity contribution in [3.05, 3.63) is 45.9 Å². The minimum absolute atomic E-state index is 0.852. The SMILES string of the molecule is CN=C(NCCCSc1ccccc1)NCCc1nc(C)c(C)s1. The second-order valence-electron chi connectivity index (χ2n) is 5.44. The van der Waals surface area contributed by atoms with Gasteiger partial charge in [-0.2, -0.15) is 0 Å². The van der Waals surface area contributed by atoms with E-state index in [0.29, 0.717) is 0 Å². The predicted octanol–water partition coefficient (Wildman–Crippen LogP) is 3.65. The molecule has 0 radical (unpaired) electrons. The number of guanidine groups is 1. The third-order valence-corrected chi connectivity index (χ3v) is 5.78. The molecule has 130 valence electrons. The van der Waals surface area contributed by atoms with Crippen LogP contribution in [-0.4, -0.2) is 36.8 Å². The van der Waals surface area contributed by atoms with Crippen molar-refractivity contribution >= 4 is 29.1 Å². The summed E-state index contributed by atoms with van der Waals surface area (Å²) < 4.78 is 0. The molecule has 0 aliphatic heterocycles. The van der Waals surface area contributed by atoms with E-state index in [1.165, 1.54) is 14.8 Å². The van der Waals surface area contributed by atoms with Crippen LogP contribution in [0.3, 0.4) is 0 Å². The number of nitrogens with one attached hydrogen (secondary N) is 2. The summed E-state index contributed by atoms with van der Waals surface area (Å²) in [6, 6.07) is 10.5. The lowest BCUT2D eigenvalue weighted by molar-refractivity contribution is 0.774. The number of hydrogen-bond acceptors (Lipinski definition) is 4. The van der Waals surface area contributed by atoms with Gasteiger partial charge in [0.2, 0.25) is 0 Å². The third-order valence-electron chi connectivity index (χ3n) is 3.55. The molecule has 0 aliphatic carbocycles. The molecule has 1 heterocycles. The standard InChI is InChI=1S/C18H26N4S2/c1-14-15(2)24-17(22-14)10-12-21-18(19-3)20-11-7-13-23-16-8-5-4-6-9-16/h4-6,8-9H,7,10-13H2,1-3H3,(H2,19,20,21). The molecule has 2 rings (SSSR count). The van der Waals surface area contributed by atoms with Crippen LogP contribution in [0.2, 0.25) is 0 Å². The topological polar surface area (TPSA) is 49.3 Å². The van der Waals surface area contributed by atoms with E-state index in [1.54, 1.807) is 11.3 Å². The fourth-order valence-electron chi connectivity index (χ4n) is 2.14. The molecule has 0 amide bonds. The van der Waals surface area contributed by atoms with Crippen LogP contribution < -0.4 is 10.6 Å². The molecule has 0 atom stereocenters. The number of benzene rings is 1. The zero-order valence-electron chi connectivity index (χ0n) is 14.6. The van der Waals surface area contributed by atoms with E-state index in [4.69, 9.17) is 0 Å². The molecule has 0 saturated heterocycles. The van der Waals surface area contributed by atoms with Gasteiger partial charge in [0.25, 0.3) is 0 Å². The maximum absolute atomic E-state index is 4.56. The molecule has 0 saturated carbocycles. The van der Waals surface area contributed by atoms with Gasteiger partial charge in [-0.05, 0) is 38.2 Å². The molecule has 0 spiro atoms. The Morgan fingerprint density at radius 1 is 1.17 bits per heavy atom. The number of thiazole rings is 1. The molecule has 1 aromatic carbocycles. The number of hydrogen-bond donors (Lipinski definition) is 2. The summed E-state index contributed by atoms with van der Waals surface area (Å²) in [4.78, 5) is 11.5. The maximum Gasteiger partial charge on any atom is 0.190 e. The Morgan fingerprint density at radius 2 is 1.92 bits per heavy atom. The van der Waals surface area contributed by atoms with Gasteiger partial charge in [0, 0.05) is 36.3 Å². The molecular weight excluding hydrogens is 336 g/mol. The summed E-state index contributed by atoms with van der Waals surface area (Å²) in [6.07, 6.45) is 2.04. The van der Waals surface area contributed by atoms with Crippen LogP contribution in [-0.2, 0) is 6.42 Å². The number of rotatable bonds is 8. The normalized spacial score (nSPS) is 11.5. The van der Waals surface area contributed by atoms with Crippen molar-refractivity contribution in [1.82, 2.24) is 15.6 Å². The lowest BCUT2D eigenvalue weighted by atomic mass is 10.4. The van der Waals surface area contributed by atoms with Crippen molar-refractivity contribution in [2.45, 2.75) is 31.6 Å². The summed E-state index contributed by atoms with van der Waals surface area (Å²) in [5, 5.41) is 7.91. The van der Waals surface area contributed by atoms with Crippen LogP contribution in [0.15, 0.2) is 40.2 Å². The third kappa shape index (κ3) is 6.53. The minimum Gasteiger partial charge on any atom is -0.356 e. The van der Waals surface area contributed by atoms with Crippen molar-refractivity contribution in [3.63, 3.8) is 0 Å². The number of thioether (sulfide) groups is 1. The Hall–Kier alpha value is -1.53. The number of aliphatic imine (C=N–C) groups is 1. The van der Waals surface area contributed by atoms with E-state index in [9.17, 15) is 0 Å². The van der Waals surface area contributed by atoms with Crippen molar-refractivity contribution < 1.29 is 0 Å². The van der Waals surface area contributed by atoms with Crippen molar-refractivity contribution in [2.24, 2.45) is 4.99 Å². The highest BCUT2D eigenvalue weighted by atomic mass is 32.2. The number of aromatic nitrogens is 1. The van der Waals surface area contributed by atoms with Crippen LogP contribution in [0, 0.1) is 13.8 Å². The Labute approximate surface area is 153 Å². The fraction of sp³-hybridized carbons (Fsp3) is 0.444. The molecule has 0 aliphatic rings. The minimum atomic E-state index is 0.852. The molecule has 0 fully saturated rings. The van der Waals surface area contributed by atoms with Crippen molar-refractivity contribution in [1.29, 1.82) is 0 Å². The maximum atomic E-state index is 4.56. The first kappa shape index (κ1) is 18.8. The second kappa shape index (κ2) is 10.4. The smallest absolute Gasteiger partial charge is 0.190 e. The molecular formula is C18H26N4S2. The fourth-order valence-corrected chi connectivity index (χ4v) is 3.95. The average molecular weight is 363 g/mol. The molecule has 2 N–H and O–H groups in total. The van der Waals surface area contributed by atoms with Crippen LogP contribution in [0.4, 0.5) is 0 Å². The van der Waals surface area contributed by atoms with Gasteiger partial charge >= 0.3 is 0 Å². The number of aryl methyl sites for hydroxylation is 2. The lowest BCUT2D eigenvalue weighted by Crippen LogP contribution is -2.38. The van der Waals surface area contributed by atoms with Gasteiger partial charge in [-0.25, -0.2) is 4.98 Å². The summed E-state index contributed by atoms with van der Waals surface area (Å²) in [7, 11) is 1.81. The molecule has 24 heavy (non-hydrogen) atoms. The van der Waals surface area contributed by atoms with Gasteiger partial charge in [0.05, 0.1) is 10.7 Å². The van der Waals surface area contributed by atoms with Crippen LogP contribution >= 0.6 is 23.1 Å². The predicted molar refractivity (Wildman–Crippen MR) is 106 cm³/mol. The zero-order valence-corrected chi connectivity index (χ0v) is 16.3. The largest absolute Gasteiger partial charge is 0.356 e. The summed E-state index contributed by atoms with van der Waals surface area (Å²) in [5.74, 6) is 1.97. The van der Waals surface area contributed by atoms with E-state index >= 15 is 0 Å². The monoisotopic (exact) mass is 362 g/mol. The zero-order chi connectivity index (χ0) is 17.2. The summed E-state index contributed by atoms with van der Waals surface area (Å²) in [5.41, 5.74) is 1.15. The van der Waals surface area contributed by atoms with Crippen molar-refractivity contribution in [3.8, 4) is 0 Å². The first-order valence-corrected chi connectivity index (χ1v) is 10.0. The van der Waals surface area contributed by atoms with Gasteiger partial charge in [-0.3, -0.25) is 4.99 Å². The van der Waals surface area contributed by atoms with Crippen molar-refractivity contribution in [2.75, 3.05) is 25.9 Å². The van der Waals surface area contributed by atoms with Crippen LogP contribution in [0.1, 0.15) is 22.0 Å². The molecule has 1 aromatic heterocycles. The lowest BCUT2D eigenvalue weighted by Gasteiger charge is -2.11. The highest BCUT2D eigenvalue weighted by Crippen LogP contribution is 2.17. The molecule has 0 unspecified atom stereocenters. The average Bonchev–Trinajstić information content (AvgIpc) is 2.92. The first-order chi connectivity index (χ1) is 11.7. The Bertz CT molecular complexity index is 618. The summed E-state index contributed by atoms with van der Waals surface area (Å²) in [6.45, 7) is 5.97. The molecule has 6 heteroatoms. The first-order valence-electron chi connectivity index (χ1n) is 8.24.